The molecular weight excluding hydrogens is 415 g/mol. The van der Waals surface area contributed by atoms with Crippen molar-refractivity contribution in [3.8, 4) is 5.75 Å². The summed E-state index contributed by atoms with van der Waals surface area (Å²) in [6.45, 7) is 5.97. The predicted octanol–water partition coefficient (Wildman–Crippen LogP) is 4.40. The highest BCUT2D eigenvalue weighted by atomic mass is 32.2. The highest BCUT2D eigenvalue weighted by Crippen LogP contribution is 2.19. The number of hydrogen-bond acceptors (Lipinski definition) is 4. The Morgan fingerprint density at radius 3 is 2.42 bits per heavy atom. The average Bonchev–Trinajstić information content (AvgIpc) is 2.78. The molecule has 31 heavy (non-hydrogen) atoms. The Kier molecular flexibility index (Phi) is 9.85. The van der Waals surface area contributed by atoms with E-state index in [1.54, 1.807) is 37.1 Å². The topological polar surface area (TPSA) is 58.6 Å². The number of carbonyl (C=O) groups is 2. The first-order valence-electron chi connectivity index (χ1n) is 10.4. The first-order valence-corrected chi connectivity index (χ1v) is 11.5. The van der Waals surface area contributed by atoms with E-state index < -0.39 is 6.04 Å². The number of rotatable bonds is 11. The summed E-state index contributed by atoms with van der Waals surface area (Å²) in [5, 5.41) is 2.95. The Bertz CT molecular complexity index is 860. The fourth-order valence-electron chi connectivity index (χ4n) is 2.92. The van der Waals surface area contributed by atoms with Gasteiger partial charge in [0.05, 0.1) is 12.9 Å². The second-order valence-electron chi connectivity index (χ2n) is 7.45. The van der Waals surface area contributed by atoms with Gasteiger partial charge in [0.25, 0.3) is 0 Å². The summed E-state index contributed by atoms with van der Waals surface area (Å²) in [5.74, 6) is 0.649. The van der Waals surface area contributed by atoms with Crippen molar-refractivity contribution in [1.29, 1.82) is 0 Å². The molecule has 1 N–H and O–H groups in total. The van der Waals surface area contributed by atoms with Crippen LogP contribution in [-0.2, 0) is 21.9 Å². The Morgan fingerprint density at radius 2 is 1.81 bits per heavy atom. The molecular formula is C24H31FN2O3S. The Morgan fingerprint density at radius 1 is 1.13 bits per heavy atom. The van der Waals surface area contributed by atoms with Gasteiger partial charge in [-0.25, -0.2) is 4.39 Å². The summed E-state index contributed by atoms with van der Waals surface area (Å²) < 4.78 is 19.0. The highest BCUT2D eigenvalue weighted by molar-refractivity contribution is 7.99. The number of thioether (sulfide) groups is 1. The molecule has 0 radical (unpaired) electrons. The first kappa shape index (κ1) is 24.7. The van der Waals surface area contributed by atoms with E-state index in [0.717, 1.165) is 17.7 Å². The summed E-state index contributed by atoms with van der Waals surface area (Å²) >= 11 is 1.34. The minimum Gasteiger partial charge on any atom is -0.497 e. The number of nitrogens with zero attached hydrogens (tertiary/aromatic N) is 1. The van der Waals surface area contributed by atoms with Crippen LogP contribution >= 0.6 is 11.8 Å². The van der Waals surface area contributed by atoms with Crippen LogP contribution in [0.2, 0.25) is 0 Å². The van der Waals surface area contributed by atoms with Crippen LogP contribution in [0.4, 0.5) is 4.39 Å². The lowest BCUT2D eigenvalue weighted by Gasteiger charge is -2.29. The summed E-state index contributed by atoms with van der Waals surface area (Å²) in [4.78, 5) is 27.3. The van der Waals surface area contributed by atoms with Gasteiger partial charge in [-0.15, -0.1) is 11.8 Å². The molecule has 0 aliphatic carbocycles. The Balaban J connectivity index is 2.09. The molecule has 7 heteroatoms. The molecule has 0 aliphatic rings. The minimum absolute atomic E-state index is 0.0309. The number of carbonyl (C=O) groups excluding carboxylic acids is 2. The molecule has 2 amide bonds. The molecule has 0 saturated carbocycles. The average molecular weight is 447 g/mol. The number of halogens is 1. The quantitative estimate of drug-likeness (QED) is 0.556. The van der Waals surface area contributed by atoms with Crippen LogP contribution in [0.15, 0.2) is 48.5 Å². The first-order chi connectivity index (χ1) is 14.8. The summed E-state index contributed by atoms with van der Waals surface area (Å²) in [5.41, 5.74) is 1.46. The summed E-state index contributed by atoms with van der Waals surface area (Å²) in [6.07, 6.45) is 0.809. The van der Waals surface area contributed by atoms with E-state index >= 15 is 0 Å². The number of hydrogen-bond donors (Lipinski definition) is 1. The third kappa shape index (κ3) is 7.58. The molecule has 2 unspecified atom stereocenters. The maximum absolute atomic E-state index is 13.8. The minimum atomic E-state index is -0.627. The molecule has 2 atom stereocenters. The van der Waals surface area contributed by atoms with Gasteiger partial charge in [0.2, 0.25) is 11.8 Å². The van der Waals surface area contributed by atoms with E-state index in [2.05, 4.69) is 5.32 Å². The largest absolute Gasteiger partial charge is 0.497 e. The van der Waals surface area contributed by atoms with Gasteiger partial charge < -0.3 is 15.0 Å². The summed E-state index contributed by atoms with van der Waals surface area (Å²) in [7, 11) is 1.60. The van der Waals surface area contributed by atoms with Crippen LogP contribution in [0.3, 0.4) is 0 Å². The number of amides is 2. The van der Waals surface area contributed by atoms with E-state index in [0.29, 0.717) is 17.9 Å². The lowest BCUT2D eigenvalue weighted by molar-refractivity contribution is -0.138. The zero-order valence-electron chi connectivity index (χ0n) is 18.6. The maximum Gasteiger partial charge on any atom is 0.242 e. The number of methoxy groups -OCH3 is 1. The van der Waals surface area contributed by atoms with Crippen molar-refractivity contribution in [3.05, 3.63) is 65.5 Å². The molecule has 0 saturated heterocycles. The van der Waals surface area contributed by atoms with Gasteiger partial charge in [-0.05, 0) is 49.6 Å². The Labute approximate surface area is 188 Å². The van der Waals surface area contributed by atoms with E-state index in [1.807, 2.05) is 38.1 Å². The van der Waals surface area contributed by atoms with E-state index in [4.69, 9.17) is 4.74 Å². The molecule has 5 nitrogen and oxygen atoms in total. The Hall–Kier alpha value is -2.54. The fraction of sp³-hybridized carbons (Fsp3) is 0.417. The monoisotopic (exact) mass is 446 g/mol. The number of nitrogens with one attached hydrogen (secondary N) is 1. The van der Waals surface area contributed by atoms with Crippen molar-refractivity contribution in [1.82, 2.24) is 10.2 Å². The maximum atomic E-state index is 13.8. The highest BCUT2D eigenvalue weighted by Gasteiger charge is 2.26. The van der Waals surface area contributed by atoms with Crippen molar-refractivity contribution in [2.24, 2.45) is 0 Å². The van der Waals surface area contributed by atoms with Gasteiger partial charge in [-0.2, -0.15) is 0 Å². The van der Waals surface area contributed by atoms with Crippen LogP contribution in [0.1, 0.15) is 38.3 Å². The molecule has 2 rings (SSSR count). The van der Waals surface area contributed by atoms with Crippen molar-refractivity contribution in [2.45, 2.75) is 51.6 Å². The van der Waals surface area contributed by atoms with Gasteiger partial charge in [-0.1, -0.05) is 37.3 Å². The van der Waals surface area contributed by atoms with Crippen LogP contribution < -0.4 is 10.1 Å². The van der Waals surface area contributed by atoms with Gasteiger partial charge in [0.1, 0.15) is 17.6 Å². The van der Waals surface area contributed by atoms with Crippen LogP contribution in [-0.4, -0.2) is 41.7 Å². The molecule has 0 fully saturated rings. The van der Waals surface area contributed by atoms with Gasteiger partial charge in [0, 0.05) is 18.3 Å². The lowest BCUT2D eigenvalue weighted by Crippen LogP contribution is -2.50. The molecule has 168 valence electrons. The second-order valence-corrected chi connectivity index (χ2v) is 8.43. The molecule has 2 aromatic rings. The van der Waals surface area contributed by atoms with Crippen LogP contribution in [0.5, 0.6) is 5.75 Å². The summed E-state index contributed by atoms with van der Waals surface area (Å²) in [6, 6.07) is 13.4. The van der Waals surface area contributed by atoms with Gasteiger partial charge in [0.15, 0.2) is 0 Å². The smallest absolute Gasteiger partial charge is 0.242 e. The molecule has 0 heterocycles. The van der Waals surface area contributed by atoms with E-state index in [-0.39, 0.29) is 29.4 Å². The van der Waals surface area contributed by atoms with Crippen molar-refractivity contribution >= 4 is 23.6 Å². The molecule has 0 bridgehead atoms. The normalized spacial score (nSPS) is 12.7. The zero-order valence-corrected chi connectivity index (χ0v) is 19.4. The molecule has 0 aliphatic heterocycles. The van der Waals surface area contributed by atoms with Gasteiger partial charge >= 0.3 is 0 Å². The third-order valence-electron chi connectivity index (χ3n) is 5.12. The molecule has 2 aromatic carbocycles. The fourth-order valence-corrected chi connectivity index (χ4v) is 3.82. The van der Waals surface area contributed by atoms with Crippen LogP contribution in [0, 0.1) is 5.82 Å². The van der Waals surface area contributed by atoms with Crippen molar-refractivity contribution < 1.29 is 18.7 Å². The number of benzene rings is 2. The van der Waals surface area contributed by atoms with Crippen molar-refractivity contribution in [3.63, 3.8) is 0 Å². The third-order valence-corrected chi connectivity index (χ3v) is 6.09. The zero-order chi connectivity index (χ0) is 22.8. The van der Waals surface area contributed by atoms with E-state index in [9.17, 15) is 14.0 Å². The van der Waals surface area contributed by atoms with Crippen molar-refractivity contribution in [2.75, 3.05) is 12.9 Å². The second kappa shape index (κ2) is 12.3. The SMILES string of the molecule is CCC(C)NC(=O)C(C)N(Cc1ccc(OC)cc1)C(=O)CSCc1ccccc1F. The molecule has 0 spiro atoms. The van der Waals surface area contributed by atoms with Gasteiger partial charge in [-0.3, -0.25) is 9.59 Å². The standard InChI is InChI=1S/C24H31FN2O3S/c1-5-17(2)26-24(29)18(3)27(14-19-10-12-21(30-4)13-11-19)23(28)16-31-15-20-8-6-7-9-22(20)25/h6-13,17-18H,5,14-16H2,1-4H3,(H,26,29). The predicted molar refractivity (Wildman–Crippen MR) is 123 cm³/mol. The molecule has 0 aromatic heterocycles. The lowest BCUT2D eigenvalue weighted by atomic mass is 10.1. The van der Waals surface area contributed by atoms with Crippen LogP contribution in [0.25, 0.3) is 0 Å². The number of ether oxygens (including phenoxy) is 1. The van der Waals surface area contributed by atoms with E-state index in [1.165, 1.54) is 17.8 Å².